The molecule has 0 aliphatic carbocycles. The SMILES string of the molecule is N#Cc1cc(C(=O)N2CCC2c2ccccc2F)c[nH]1. The predicted molar refractivity (Wildman–Crippen MR) is 70.3 cm³/mol. The highest BCUT2D eigenvalue weighted by Gasteiger charge is 2.35. The van der Waals surface area contributed by atoms with Crippen LogP contribution in [0.3, 0.4) is 0 Å². The highest BCUT2D eigenvalue weighted by Crippen LogP contribution is 2.35. The molecule has 1 aliphatic rings. The van der Waals surface area contributed by atoms with Crippen molar-refractivity contribution in [2.24, 2.45) is 0 Å². The number of hydrogen-bond acceptors (Lipinski definition) is 2. The maximum atomic E-state index is 13.8. The predicted octanol–water partition coefficient (Wildman–Crippen LogP) is 2.61. The number of carbonyl (C=O) groups is 1. The lowest BCUT2D eigenvalue weighted by molar-refractivity contribution is 0.0453. The maximum absolute atomic E-state index is 13.8. The number of nitrogens with zero attached hydrogens (tertiary/aromatic N) is 2. The average molecular weight is 269 g/mol. The van der Waals surface area contributed by atoms with Crippen LogP contribution in [0.2, 0.25) is 0 Å². The molecule has 1 fully saturated rings. The molecule has 0 saturated carbocycles. The lowest BCUT2D eigenvalue weighted by atomic mass is 9.93. The molecule has 1 saturated heterocycles. The molecular formula is C15H12FN3O. The van der Waals surface area contributed by atoms with Gasteiger partial charge in [-0.05, 0) is 18.6 Å². The fourth-order valence-corrected chi connectivity index (χ4v) is 2.45. The summed E-state index contributed by atoms with van der Waals surface area (Å²) in [5, 5.41) is 8.75. The molecule has 1 unspecified atom stereocenters. The Morgan fingerprint density at radius 2 is 2.25 bits per heavy atom. The summed E-state index contributed by atoms with van der Waals surface area (Å²) >= 11 is 0. The van der Waals surface area contributed by atoms with Crippen molar-refractivity contribution in [3.05, 3.63) is 59.2 Å². The molecule has 0 bridgehead atoms. The van der Waals surface area contributed by atoms with Crippen LogP contribution in [0.1, 0.15) is 34.1 Å². The lowest BCUT2D eigenvalue weighted by Gasteiger charge is -2.41. The second-order valence-electron chi connectivity index (χ2n) is 4.74. The van der Waals surface area contributed by atoms with Crippen molar-refractivity contribution >= 4 is 5.91 Å². The van der Waals surface area contributed by atoms with Crippen molar-refractivity contribution in [3.8, 4) is 6.07 Å². The van der Waals surface area contributed by atoms with E-state index in [1.807, 2.05) is 6.07 Å². The zero-order chi connectivity index (χ0) is 14.1. The second kappa shape index (κ2) is 4.82. The summed E-state index contributed by atoms with van der Waals surface area (Å²) in [6.07, 6.45) is 2.26. The van der Waals surface area contributed by atoms with Crippen LogP contribution in [0, 0.1) is 17.1 Å². The summed E-state index contributed by atoms with van der Waals surface area (Å²) in [6.45, 7) is 0.602. The number of nitriles is 1. The van der Waals surface area contributed by atoms with Gasteiger partial charge in [0.2, 0.25) is 0 Å². The molecule has 2 heterocycles. The van der Waals surface area contributed by atoms with Gasteiger partial charge in [-0.25, -0.2) is 4.39 Å². The quantitative estimate of drug-likeness (QED) is 0.911. The first-order valence-electron chi connectivity index (χ1n) is 6.34. The molecule has 1 amide bonds. The molecule has 3 rings (SSSR count). The standard InChI is InChI=1S/C15H12FN3O/c16-13-4-2-1-3-12(13)14-5-6-19(14)15(20)10-7-11(8-17)18-9-10/h1-4,7,9,14,18H,5-6H2. The van der Waals surface area contributed by atoms with Crippen LogP contribution in [0.15, 0.2) is 36.5 Å². The number of hydrogen-bond donors (Lipinski definition) is 1. The number of carbonyl (C=O) groups excluding carboxylic acids is 1. The highest BCUT2D eigenvalue weighted by atomic mass is 19.1. The van der Waals surface area contributed by atoms with E-state index in [0.29, 0.717) is 23.4 Å². The molecule has 4 nitrogen and oxygen atoms in total. The van der Waals surface area contributed by atoms with Gasteiger partial charge in [-0.2, -0.15) is 5.26 Å². The Labute approximate surface area is 115 Å². The van der Waals surface area contributed by atoms with Gasteiger partial charge in [0.1, 0.15) is 17.6 Å². The third kappa shape index (κ3) is 1.95. The molecule has 100 valence electrons. The van der Waals surface area contributed by atoms with Crippen LogP contribution in [0.5, 0.6) is 0 Å². The van der Waals surface area contributed by atoms with Crippen molar-refractivity contribution in [2.75, 3.05) is 6.54 Å². The monoisotopic (exact) mass is 269 g/mol. The molecule has 1 aromatic heterocycles. The second-order valence-corrected chi connectivity index (χ2v) is 4.74. The van der Waals surface area contributed by atoms with Crippen LogP contribution in [-0.2, 0) is 0 Å². The molecule has 20 heavy (non-hydrogen) atoms. The average Bonchev–Trinajstić information content (AvgIpc) is 2.89. The molecule has 1 aliphatic heterocycles. The number of aromatic amines is 1. The van der Waals surface area contributed by atoms with Crippen molar-refractivity contribution in [1.82, 2.24) is 9.88 Å². The van der Waals surface area contributed by atoms with Gasteiger partial charge in [0.25, 0.3) is 5.91 Å². The van der Waals surface area contributed by atoms with Gasteiger partial charge in [0, 0.05) is 18.3 Å². The van der Waals surface area contributed by atoms with Crippen LogP contribution in [0.4, 0.5) is 4.39 Å². The molecular weight excluding hydrogens is 257 g/mol. The minimum atomic E-state index is -0.290. The van der Waals surface area contributed by atoms with Gasteiger partial charge in [-0.15, -0.1) is 0 Å². The molecule has 1 atom stereocenters. The van der Waals surface area contributed by atoms with Crippen LogP contribution in [-0.4, -0.2) is 22.3 Å². The van der Waals surface area contributed by atoms with Crippen molar-refractivity contribution < 1.29 is 9.18 Å². The Hall–Kier alpha value is -2.61. The van der Waals surface area contributed by atoms with E-state index in [4.69, 9.17) is 5.26 Å². The smallest absolute Gasteiger partial charge is 0.255 e. The van der Waals surface area contributed by atoms with E-state index in [1.54, 1.807) is 23.1 Å². The molecule has 2 aromatic rings. The highest BCUT2D eigenvalue weighted by molar-refractivity contribution is 5.95. The normalized spacial score (nSPS) is 17.4. The van der Waals surface area contributed by atoms with Crippen molar-refractivity contribution in [1.29, 1.82) is 5.26 Å². The van der Waals surface area contributed by atoms with Crippen LogP contribution < -0.4 is 0 Å². The zero-order valence-electron chi connectivity index (χ0n) is 10.6. The maximum Gasteiger partial charge on any atom is 0.255 e. The fraction of sp³-hybridized carbons (Fsp3) is 0.200. The minimum absolute atomic E-state index is 0.178. The molecule has 0 spiro atoms. The first-order chi connectivity index (χ1) is 9.70. The fourth-order valence-electron chi connectivity index (χ4n) is 2.45. The number of benzene rings is 1. The Bertz CT molecular complexity index is 701. The van der Waals surface area contributed by atoms with E-state index in [1.165, 1.54) is 18.3 Å². The van der Waals surface area contributed by atoms with E-state index in [0.717, 1.165) is 6.42 Å². The number of aromatic nitrogens is 1. The van der Waals surface area contributed by atoms with E-state index >= 15 is 0 Å². The third-order valence-electron chi connectivity index (χ3n) is 3.60. The molecule has 5 heteroatoms. The van der Waals surface area contributed by atoms with Crippen molar-refractivity contribution in [2.45, 2.75) is 12.5 Å². The number of rotatable bonds is 2. The van der Waals surface area contributed by atoms with Gasteiger partial charge < -0.3 is 9.88 Å². The van der Waals surface area contributed by atoms with Crippen molar-refractivity contribution in [3.63, 3.8) is 0 Å². The topological polar surface area (TPSA) is 59.9 Å². The molecule has 1 N–H and O–H groups in total. The summed E-state index contributed by atoms with van der Waals surface area (Å²) < 4.78 is 13.8. The van der Waals surface area contributed by atoms with Gasteiger partial charge in [-0.3, -0.25) is 4.79 Å². The summed E-state index contributed by atoms with van der Waals surface area (Å²) in [6, 6.07) is 9.75. The van der Waals surface area contributed by atoms with Gasteiger partial charge >= 0.3 is 0 Å². The summed E-state index contributed by atoms with van der Waals surface area (Å²) in [5.41, 5.74) is 1.32. The number of likely N-dealkylation sites (tertiary alicyclic amines) is 1. The van der Waals surface area contributed by atoms with E-state index in [2.05, 4.69) is 4.98 Å². The Morgan fingerprint density at radius 3 is 2.85 bits per heavy atom. The Morgan fingerprint density at radius 1 is 1.45 bits per heavy atom. The van der Waals surface area contributed by atoms with E-state index in [-0.39, 0.29) is 17.8 Å². The third-order valence-corrected chi connectivity index (χ3v) is 3.60. The first kappa shape index (κ1) is 12.4. The largest absolute Gasteiger partial charge is 0.352 e. The Kier molecular flexibility index (Phi) is 2.99. The van der Waals surface area contributed by atoms with Gasteiger partial charge in [0.15, 0.2) is 0 Å². The van der Waals surface area contributed by atoms with E-state index < -0.39 is 0 Å². The lowest BCUT2D eigenvalue weighted by Crippen LogP contribution is -2.45. The number of halogens is 1. The molecule has 1 aromatic carbocycles. The van der Waals surface area contributed by atoms with Crippen LogP contribution >= 0.6 is 0 Å². The first-order valence-corrected chi connectivity index (χ1v) is 6.34. The van der Waals surface area contributed by atoms with Gasteiger partial charge in [-0.1, -0.05) is 18.2 Å². The summed E-state index contributed by atoms with van der Waals surface area (Å²) in [7, 11) is 0. The number of amides is 1. The summed E-state index contributed by atoms with van der Waals surface area (Å²) in [4.78, 5) is 16.7. The number of nitrogens with one attached hydrogen (secondary N) is 1. The van der Waals surface area contributed by atoms with E-state index in [9.17, 15) is 9.18 Å². The summed E-state index contributed by atoms with van der Waals surface area (Å²) in [5.74, 6) is -0.468. The Balaban J connectivity index is 1.83. The van der Waals surface area contributed by atoms with Crippen LogP contribution in [0.25, 0.3) is 0 Å². The number of H-pyrrole nitrogens is 1. The zero-order valence-corrected chi connectivity index (χ0v) is 10.6. The molecule has 0 radical (unpaired) electrons. The van der Waals surface area contributed by atoms with Gasteiger partial charge in [0.05, 0.1) is 11.6 Å². The minimum Gasteiger partial charge on any atom is -0.352 e.